The molecule has 0 aliphatic carbocycles. The van der Waals surface area contributed by atoms with Gasteiger partial charge in [0.15, 0.2) is 0 Å². The van der Waals surface area contributed by atoms with Gasteiger partial charge in [-0.15, -0.1) is 0 Å². The second-order valence-corrected chi connectivity index (χ2v) is 6.22. The van der Waals surface area contributed by atoms with Gasteiger partial charge in [-0.1, -0.05) is 42.1 Å². The molecule has 23 heavy (non-hydrogen) atoms. The van der Waals surface area contributed by atoms with Crippen LogP contribution < -0.4 is 10.1 Å². The van der Waals surface area contributed by atoms with Gasteiger partial charge >= 0.3 is 0 Å². The van der Waals surface area contributed by atoms with Crippen molar-refractivity contribution in [2.24, 2.45) is 5.92 Å². The minimum absolute atomic E-state index is 0.221. The highest BCUT2D eigenvalue weighted by Crippen LogP contribution is 2.33. The Labute approximate surface area is 137 Å². The van der Waals surface area contributed by atoms with Crippen molar-refractivity contribution in [1.82, 2.24) is 0 Å². The maximum atomic E-state index is 12.6. The van der Waals surface area contributed by atoms with Crippen LogP contribution in [0.25, 0.3) is 0 Å². The lowest BCUT2D eigenvalue weighted by atomic mass is 9.96. The van der Waals surface area contributed by atoms with Crippen LogP contribution in [-0.2, 0) is 11.2 Å². The molecule has 0 radical (unpaired) electrons. The van der Waals surface area contributed by atoms with Crippen LogP contribution in [0.4, 0.5) is 14.5 Å². The topological polar surface area (TPSA) is 38.3 Å². The van der Waals surface area contributed by atoms with Crippen LogP contribution in [0.1, 0.15) is 5.56 Å². The van der Waals surface area contributed by atoms with Crippen molar-refractivity contribution in [1.29, 1.82) is 0 Å². The van der Waals surface area contributed by atoms with E-state index in [4.69, 9.17) is 4.74 Å². The summed E-state index contributed by atoms with van der Waals surface area (Å²) in [4.78, 5) is 12.8. The number of ether oxygens (including phenoxy) is 1. The number of carbonyl (C=O) groups is 1. The zero-order valence-electron chi connectivity index (χ0n) is 12.2. The van der Waals surface area contributed by atoms with Gasteiger partial charge in [-0.05, 0) is 30.2 Å². The first kappa shape index (κ1) is 15.8. The summed E-state index contributed by atoms with van der Waals surface area (Å²) in [5, 5.41) is 2.74. The summed E-state index contributed by atoms with van der Waals surface area (Å²) in [5.74, 6) is -2.29. The molecule has 0 aromatic heterocycles. The van der Waals surface area contributed by atoms with Crippen molar-refractivity contribution in [3.05, 3.63) is 54.1 Å². The summed E-state index contributed by atoms with van der Waals surface area (Å²) in [7, 11) is 0. The van der Waals surface area contributed by atoms with Gasteiger partial charge in [-0.25, -0.2) is 0 Å². The number of rotatable bonds is 4. The molecule has 3 rings (SSSR count). The molecule has 2 aromatic carbocycles. The molecule has 1 aliphatic heterocycles. The molecular weight excluding hydrogens is 320 g/mol. The Kier molecular flexibility index (Phi) is 4.81. The highest BCUT2D eigenvalue weighted by atomic mass is 32.2. The maximum absolute atomic E-state index is 12.6. The lowest BCUT2D eigenvalue weighted by Crippen LogP contribution is -2.32. The van der Waals surface area contributed by atoms with Gasteiger partial charge in [-0.3, -0.25) is 4.79 Å². The zero-order valence-corrected chi connectivity index (χ0v) is 13.0. The van der Waals surface area contributed by atoms with E-state index in [0.717, 1.165) is 11.3 Å². The number of carbonyl (C=O) groups excluding carboxylic acids is 1. The van der Waals surface area contributed by atoms with Crippen LogP contribution in [0, 0.1) is 5.92 Å². The van der Waals surface area contributed by atoms with Crippen molar-refractivity contribution in [3.63, 3.8) is 0 Å². The lowest BCUT2D eigenvalue weighted by Gasteiger charge is -2.24. The zero-order chi connectivity index (χ0) is 16.2. The molecule has 1 heterocycles. The van der Waals surface area contributed by atoms with Gasteiger partial charge in [0.25, 0.3) is 5.76 Å². The van der Waals surface area contributed by atoms with Crippen LogP contribution in [-0.4, -0.2) is 18.3 Å². The Morgan fingerprint density at radius 2 is 1.91 bits per heavy atom. The van der Waals surface area contributed by atoms with Gasteiger partial charge in [0.1, 0.15) is 12.4 Å². The summed E-state index contributed by atoms with van der Waals surface area (Å²) in [6.07, 6.45) is 0.576. The van der Waals surface area contributed by atoms with Gasteiger partial charge < -0.3 is 10.1 Å². The molecule has 1 amide bonds. The van der Waals surface area contributed by atoms with E-state index in [0.29, 0.717) is 28.8 Å². The fourth-order valence-electron chi connectivity index (χ4n) is 2.50. The van der Waals surface area contributed by atoms with Crippen LogP contribution in [0.5, 0.6) is 5.75 Å². The molecule has 0 bridgehead atoms. The van der Waals surface area contributed by atoms with E-state index in [1.165, 1.54) is 0 Å². The van der Waals surface area contributed by atoms with Crippen LogP contribution in [0.2, 0.25) is 0 Å². The van der Waals surface area contributed by atoms with Crippen molar-refractivity contribution >= 4 is 23.4 Å². The van der Waals surface area contributed by atoms with Crippen molar-refractivity contribution < 1.29 is 18.3 Å². The quantitative estimate of drug-likeness (QED) is 0.852. The number of hydrogen-bond donors (Lipinski definition) is 1. The first-order chi connectivity index (χ1) is 11.1. The molecule has 1 N–H and O–H groups in total. The van der Waals surface area contributed by atoms with E-state index in [-0.39, 0.29) is 18.4 Å². The van der Waals surface area contributed by atoms with Crippen LogP contribution in [0.3, 0.4) is 0 Å². The fraction of sp³-hybridized carbons (Fsp3) is 0.235. The minimum atomic E-state index is -2.53. The standard InChI is InChI=1S/C17H15F2NO2S/c18-17(19)23-15-8-4-2-6-13(15)20-16(21)12-9-11-5-1-3-7-14(11)22-10-12/h1-8,12,17H,9-10H2,(H,20,21). The number of nitrogens with one attached hydrogen (secondary N) is 1. The van der Waals surface area contributed by atoms with E-state index in [1.807, 2.05) is 24.3 Å². The smallest absolute Gasteiger partial charge is 0.288 e. The second-order valence-electron chi connectivity index (χ2n) is 5.18. The molecule has 0 saturated heterocycles. The number of fused-ring (bicyclic) bond motifs is 1. The fourth-order valence-corrected chi connectivity index (χ4v) is 3.09. The first-order valence-corrected chi connectivity index (χ1v) is 8.07. The molecule has 1 aliphatic rings. The molecule has 2 aromatic rings. The summed E-state index contributed by atoms with van der Waals surface area (Å²) in [6, 6.07) is 14.2. The number of para-hydroxylation sites is 2. The van der Waals surface area contributed by atoms with Crippen molar-refractivity contribution in [2.75, 3.05) is 11.9 Å². The monoisotopic (exact) mass is 335 g/mol. The van der Waals surface area contributed by atoms with Gasteiger partial charge in [-0.2, -0.15) is 8.78 Å². The summed E-state index contributed by atoms with van der Waals surface area (Å²) >= 11 is 0.423. The SMILES string of the molecule is O=C(Nc1ccccc1SC(F)F)C1COc2ccccc2C1. The predicted octanol–water partition coefficient (Wildman–Crippen LogP) is 4.19. The molecule has 6 heteroatoms. The third kappa shape index (κ3) is 3.82. The third-order valence-corrected chi connectivity index (χ3v) is 4.40. The molecule has 3 nitrogen and oxygen atoms in total. The number of anilines is 1. The molecule has 1 atom stereocenters. The number of amides is 1. The van der Waals surface area contributed by atoms with Crippen LogP contribution >= 0.6 is 11.8 Å². The summed E-state index contributed by atoms with van der Waals surface area (Å²) < 4.78 is 30.8. The number of alkyl halides is 2. The highest BCUT2D eigenvalue weighted by Gasteiger charge is 2.26. The third-order valence-electron chi connectivity index (χ3n) is 3.61. The van der Waals surface area contributed by atoms with Gasteiger partial charge in [0.05, 0.1) is 11.6 Å². The summed E-state index contributed by atoms with van der Waals surface area (Å²) in [5.41, 5.74) is 1.38. The van der Waals surface area contributed by atoms with E-state index in [1.54, 1.807) is 24.3 Å². The number of benzene rings is 2. The number of thioether (sulfide) groups is 1. The lowest BCUT2D eigenvalue weighted by molar-refractivity contribution is -0.121. The molecule has 120 valence electrons. The molecule has 0 saturated carbocycles. The Hall–Kier alpha value is -2.08. The molecular formula is C17H15F2NO2S. The van der Waals surface area contributed by atoms with E-state index < -0.39 is 5.76 Å². The number of halogens is 2. The minimum Gasteiger partial charge on any atom is -0.492 e. The van der Waals surface area contributed by atoms with Gasteiger partial charge in [0.2, 0.25) is 5.91 Å². The normalized spacial score (nSPS) is 16.6. The van der Waals surface area contributed by atoms with Gasteiger partial charge in [0, 0.05) is 4.90 Å². The Balaban J connectivity index is 1.71. The highest BCUT2D eigenvalue weighted by molar-refractivity contribution is 7.99. The van der Waals surface area contributed by atoms with Crippen molar-refractivity contribution in [3.8, 4) is 5.75 Å². The summed E-state index contributed by atoms with van der Waals surface area (Å²) in [6.45, 7) is 0.285. The molecule has 0 spiro atoms. The average Bonchev–Trinajstić information content (AvgIpc) is 2.55. The van der Waals surface area contributed by atoms with E-state index in [9.17, 15) is 13.6 Å². The second kappa shape index (κ2) is 7.00. The maximum Gasteiger partial charge on any atom is 0.288 e. The van der Waals surface area contributed by atoms with E-state index >= 15 is 0 Å². The largest absolute Gasteiger partial charge is 0.492 e. The Bertz CT molecular complexity index is 708. The van der Waals surface area contributed by atoms with Crippen LogP contribution in [0.15, 0.2) is 53.4 Å². The van der Waals surface area contributed by atoms with Crippen molar-refractivity contribution in [2.45, 2.75) is 17.1 Å². The molecule has 0 fully saturated rings. The molecule has 1 unspecified atom stereocenters. The predicted molar refractivity (Wildman–Crippen MR) is 86.1 cm³/mol. The first-order valence-electron chi connectivity index (χ1n) is 7.19. The Morgan fingerprint density at radius 1 is 1.17 bits per heavy atom. The van der Waals surface area contributed by atoms with E-state index in [2.05, 4.69) is 5.32 Å². The Morgan fingerprint density at radius 3 is 2.74 bits per heavy atom. The average molecular weight is 335 g/mol. The number of hydrogen-bond acceptors (Lipinski definition) is 3.